The smallest absolute Gasteiger partial charge is 0.506 e. The summed E-state index contributed by atoms with van der Waals surface area (Å²) in [5.74, 6) is 6.38. The van der Waals surface area contributed by atoms with Crippen LogP contribution in [-0.2, 0) is 24.5 Å². The quantitative estimate of drug-likeness (QED) is 0.225. The molecule has 0 aromatic rings. The van der Waals surface area contributed by atoms with E-state index in [-0.39, 0.29) is 20.4 Å². The molecule has 0 saturated heterocycles. The molecule has 208 valence electrons. The van der Waals surface area contributed by atoms with E-state index < -0.39 is 16.6 Å². The fraction of sp³-hybridized carbons (Fsp3) is 0.806. The van der Waals surface area contributed by atoms with Crippen molar-refractivity contribution in [3.05, 3.63) is 37.0 Å². The largest absolute Gasteiger partial charge is 2.00 e. The fourth-order valence-corrected chi connectivity index (χ4v) is 16.3. The van der Waals surface area contributed by atoms with Crippen LogP contribution in [0, 0.1) is 46.9 Å². The Labute approximate surface area is 243 Å². The molecule has 1 heterocycles. The van der Waals surface area contributed by atoms with Crippen LogP contribution in [0.25, 0.3) is 0 Å². The second kappa shape index (κ2) is 10.1. The van der Waals surface area contributed by atoms with Crippen LogP contribution in [0.2, 0.25) is 26.2 Å². The van der Waals surface area contributed by atoms with Crippen molar-refractivity contribution < 1.29 is 24.5 Å². The Morgan fingerprint density at radius 1 is 0.622 bits per heavy atom. The molecule has 8 fully saturated rings. The molecule has 8 saturated carbocycles. The van der Waals surface area contributed by atoms with Gasteiger partial charge in [0.25, 0.3) is 0 Å². The van der Waals surface area contributed by atoms with Gasteiger partial charge in [-0.15, -0.1) is 0 Å². The minimum atomic E-state index is -1.74. The van der Waals surface area contributed by atoms with Gasteiger partial charge in [0.05, 0.1) is 6.67 Å². The maximum Gasteiger partial charge on any atom is 2.00 e. The molecule has 9 aliphatic rings. The predicted molar refractivity (Wildman–Crippen MR) is 153 cm³/mol. The molecule has 6 heteroatoms. The first-order valence-electron chi connectivity index (χ1n) is 15.0. The summed E-state index contributed by atoms with van der Waals surface area (Å²) in [6.07, 6.45) is 23.6. The maximum atomic E-state index is 5.85. The van der Waals surface area contributed by atoms with Crippen molar-refractivity contribution in [2.45, 2.75) is 114 Å². The number of hydrogen-bond donors (Lipinski definition) is 0. The zero-order chi connectivity index (χ0) is 25.3. The molecule has 3 nitrogen and oxygen atoms in total. The fourth-order valence-electron chi connectivity index (χ4n) is 10.6. The molecule has 0 atom stereocenters. The van der Waals surface area contributed by atoms with Crippen LogP contribution in [0.1, 0.15) is 77.0 Å². The summed E-state index contributed by atoms with van der Waals surface area (Å²) in [6, 6.07) is 0. The first-order valence-corrected chi connectivity index (χ1v) is 20.8. The number of rotatable bonds is 6. The summed E-state index contributed by atoms with van der Waals surface area (Å²) >= 11 is 0. The third kappa shape index (κ3) is 5.45. The van der Waals surface area contributed by atoms with Gasteiger partial charge in [0.1, 0.15) is 0 Å². The van der Waals surface area contributed by atoms with Crippen molar-refractivity contribution in [3.8, 4) is 0 Å². The summed E-state index contributed by atoms with van der Waals surface area (Å²) in [6.45, 7) is 16.8. The normalized spacial score (nSPS) is 42.9. The second-order valence-electron chi connectivity index (χ2n) is 15.1. The zero-order valence-corrected chi connectivity index (χ0v) is 27.4. The van der Waals surface area contributed by atoms with Crippen molar-refractivity contribution in [2.24, 2.45) is 35.5 Å². The predicted octanol–water partition coefficient (Wildman–Crippen LogP) is 7.44. The van der Waals surface area contributed by atoms with E-state index in [1.807, 2.05) is 0 Å². The zero-order valence-electron chi connectivity index (χ0n) is 23.8. The minimum Gasteiger partial charge on any atom is -0.506 e. The Kier molecular flexibility index (Phi) is 7.72. The van der Waals surface area contributed by atoms with E-state index in [1.54, 1.807) is 38.5 Å². The van der Waals surface area contributed by atoms with Gasteiger partial charge in [0, 0.05) is 40.1 Å². The number of nitrogens with zero attached hydrogens (tertiary/aromatic N) is 2. The molecule has 9 rings (SSSR count). The Bertz CT molecular complexity index is 774. The van der Waals surface area contributed by atoms with Gasteiger partial charge < -0.3 is 25.3 Å². The minimum absolute atomic E-state index is 0. The Hall–Kier alpha value is -0.124. The van der Waals surface area contributed by atoms with Gasteiger partial charge in [-0.1, -0.05) is 26.2 Å². The molecule has 8 bridgehead atoms. The molecule has 0 aromatic heterocycles. The van der Waals surface area contributed by atoms with Crippen LogP contribution in [0.5, 0.6) is 0 Å². The van der Waals surface area contributed by atoms with Crippen LogP contribution < -0.4 is 0 Å². The molecular weight excluding hydrogens is 579 g/mol. The van der Waals surface area contributed by atoms with Crippen LogP contribution in [0.3, 0.4) is 0 Å². The van der Waals surface area contributed by atoms with Crippen LogP contribution in [0.4, 0.5) is 0 Å². The third-order valence-electron chi connectivity index (χ3n) is 11.3. The topological polar surface area (TPSA) is 15.7 Å². The van der Waals surface area contributed by atoms with E-state index in [0.29, 0.717) is 11.1 Å². The van der Waals surface area contributed by atoms with Gasteiger partial charge in [-0.3, -0.25) is 13.2 Å². The Morgan fingerprint density at radius 3 is 1.14 bits per heavy atom. The van der Waals surface area contributed by atoms with Crippen molar-refractivity contribution in [1.82, 2.24) is 9.80 Å². The number of hydrogen-bond acceptors (Lipinski definition) is 3. The molecule has 8 aliphatic carbocycles. The summed E-state index contributed by atoms with van der Waals surface area (Å²) in [5, 5.41) is 0. The van der Waals surface area contributed by atoms with Crippen molar-refractivity contribution in [1.29, 1.82) is 0 Å². The molecule has 0 unspecified atom stereocenters. The third-order valence-corrected chi connectivity index (χ3v) is 17.1. The summed E-state index contributed by atoms with van der Waals surface area (Å²) in [7, 11) is -3.47. The van der Waals surface area contributed by atoms with E-state index in [4.69, 9.17) is 4.12 Å². The molecule has 1 aliphatic heterocycles. The SMILES string of the molecule is C1=CN(C23CC4CC(CC(C4)C2)C3)CN1C12CC3CC(CC(C3)C1)C2.C=[C-][Si](C)(C)O[Si](C)(C)[C-]=C.[Pd+2]. The molecule has 0 aromatic carbocycles. The van der Waals surface area contributed by atoms with Crippen LogP contribution >= 0.6 is 0 Å². The monoisotopic (exact) mass is 628 g/mol. The van der Waals surface area contributed by atoms with E-state index >= 15 is 0 Å². The summed E-state index contributed by atoms with van der Waals surface area (Å²) < 4.78 is 5.85. The Morgan fingerprint density at radius 2 is 0.892 bits per heavy atom. The summed E-state index contributed by atoms with van der Waals surface area (Å²) in [4.78, 5) is 5.71. The van der Waals surface area contributed by atoms with Gasteiger partial charge in [-0.25, -0.2) is 0 Å². The average molecular weight is 629 g/mol. The molecule has 0 spiro atoms. The van der Waals surface area contributed by atoms with Gasteiger partial charge in [-0.2, -0.15) is 0 Å². The van der Waals surface area contributed by atoms with E-state index in [0.717, 1.165) is 35.5 Å². The maximum absolute atomic E-state index is 5.85. The first-order chi connectivity index (χ1) is 17.0. The van der Waals surface area contributed by atoms with Gasteiger partial charge >= 0.3 is 20.4 Å². The van der Waals surface area contributed by atoms with Crippen LogP contribution in [-0.4, -0.2) is 44.2 Å². The molecule has 0 amide bonds. The first kappa shape index (κ1) is 28.4. The van der Waals surface area contributed by atoms with Crippen molar-refractivity contribution in [3.63, 3.8) is 0 Å². The molecule has 0 radical (unpaired) electrons. The molecule has 37 heavy (non-hydrogen) atoms. The van der Waals surface area contributed by atoms with Crippen molar-refractivity contribution >= 4 is 16.6 Å². The van der Waals surface area contributed by atoms with Gasteiger partial charge in [0.15, 0.2) is 0 Å². The van der Waals surface area contributed by atoms with E-state index in [2.05, 4.69) is 72.9 Å². The van der Waals surface area contributed by atoms with Gasteiger partial charge in [0.2, 0.25) is 0 Å². The summed E-state index contributed by atoms with van der Waals surface area (Å²) in [5.41, 5.74) is 7.05. The van der Waals surface area contributed by atoms with Crippen LogP contribution in [0.15, 0.2) is 25.6 Å². The molecule has 0 N–H and O–H groups in total. The molecular formula is C31H50N2OPdSi2. The second-order valence-corrected chi connectivity index (χ2v) is 22.7. The van der Waals surface area contributed by atoms with E-state index in [1.165, 1.54) is 45.2 Å². The van der Waals surface area contributed by atoms with Crippen molar-refractivity contribution in [2.75, 3.05) is 6.67 Å². The van der Waals surface area contributed by atoms with E-state index in [9.17, 15) is 0 Å². The van der Waals surface area contributed by atoms with Gasteiger partial charge in [-0.05, 0) is 113 Å². The average Bonchev–Trinajstić information content (AvgIpc) is 3.30. The Balaban J connectivity index is 0.000000203. The standard InChI is InChI=1S/C23H34N2.C8H16OSi2.Pd/c1-2-25(23-12-19-6-20(13-23)8-21(7-19)14-23)15-24(1)22-9-16-3-17(10-22)5-18(4-16)11-22;1-7-10(3,4)9-11(5,6)8-2;/h1-2,16-21H,3-15H2;1-2H2,3-6H3;/q;-2;+2.